The molecule has 0 fully saturated rings. The van der Waals surface area contributed by atoms with Crippen LogP contribution in [0.5, 0.6) is 0 Å². The lowest BCUT2D eigenvalue weighted by molar-refractivity contribution is 0.351. The molecule has 0 aliphatic carbocycles. The zero-order valence-corrected chi connectivity index (χ0v) is 7.52. The first-order valence-corrected chi connectivity index (χ1v) is 3.75. The Balaban J connectivity index is 3.54. The molecule has 0 aromatic heterocycles. The van der Waals surface area contributed by atoms with E-state index >= 15 is 0 Å². The summed E-state index contributed by atoms with van der Waals surface area (Å²) in [5, 5.41) is 0. The van der Waals surface area contributed by atoms with Gasteiger partial charge in [-0.1, -0.05) is 15.9 Å². The molecular weight excluding hydrogens is 250 g/mol. The van der Waals surface area contributed by atoms with Crippen LogP contribution < -0.4 is 0 Å². The van der Waals surface area contributed by atoms with Crippen molar-refractivity contribution >= 4 is 43.5 Å². The summed E-state index contributed by atoms with van der Waals surface area (Å²) in [7, 11) is 0. The van der Waals surface area contributed by atoms with Crippen molar-refractivity contribution in [2.45, 2.75) is 15.8 Å². The highest BCUT2D eigenvalue weighted by Crippen LogP contribution is 2.31. The maximum atomic E-state index is 12.2. The first-order chi connectivity index (χ1) is 2.94. The van der Waals surface area contributed by atoms with Gasteiger partial charge in [-0.3, -0.25) is 0 Å². The zero-order valence-electron chi connectivity index (χ0n) is 3.59. The molecule has 0 N–H and O–H groups in total. The molecule has 0 spiro atoms. The Morgan fingerprint density at radius 1 is 1.86 bits per heavy atom. The van der Waals surface area contributed by atoms with E-state index in [2.05, 4.69) is 31.9 Å². The van der Waals surface area contributed by atoms with Crippen LogP contribution in [-0.4, -0.2) is 8.86 Å². The Kier molecular flexibility index (Phi) is 3.09. The second-order valence-electron chi connectivity index (χ2n) is 1.26. The van der Waals surface area contributed by atoms with Crippen molar-refractivity contribution in [3.8, 4) is 0 Å². The number of alkyl halides is 4. The summed E-state index contributed by atoms with van der Waals surface area (Å²) < 4.78 is 10.1. The molecule has 0 aliphatic rings. The summed E-state index contributed by atoms with van der Waals surface area (Å²) in [5.41, 5.74) is 0. The van der Waals surface area contributed by atoms with Crippen molar-refractivity contribution in [1.29, 1.82) is 0 Å². The molecular formula is C3H4Br2ClF. The van der Waals surface area contributed by atoms with Gasteiger partial charge in [-0.25, -0.2) is 4.39 Å². The smallest absolute Gasteiger partial charge is 0.188 e. The SMILES string of the molecule is C[C@](F)(Br)[C@H](Cl)Br. The molecule has 2 atom stereocenters. The fourth-order valence-electron chi connectivity index (χ4n) is 0. The Morgan fingerprint density at radius 3 is 2.00 bits per heavy atom. The summed E-state index contributed by atoms with van der Waals surface area (Å²) in [6, 6.07) is 0. The van der Waals surface area contributed by atoms with Crippen LogP contribution in [0.2, 0.25) is 0 Å². The highest BCUT2D eigenvalue weighted by molar-refractivity contribution is 9.12. The van der Waals surface area contributed by atoms with Gasteiger partial charge in [0.15, 0.2) is 4.58 Å². The highest BCUT2D eigenvalue weighted by atomic mass is 79.9. The van der Waals surface area contributed by atoms with Gasteiger partial charge in [0.1, 0.15) is 4.29 Å². The van der Waals surface area contributed by atoms with Gasteiger partial charge in [-0.15, -0.1) is 11.6 Å². The van der Waals surface area contributed by atoms with E-state index < -0.39 is 8.86 Å². The molecule has 0 amide bonds. The predicted octanol–water partition coefficient (Wildman–Crippen LogP) is 3.03. The van der Waals surface area contributed by atoms with Crippen molar-refractivity contribution in [3.05, 3.63) is 0 Å². The van der Waals surface area contributed by atoms with E-state index in [-0.39, 0.29) is 0 Å². The minimum Gasteiger partial charge on any atom is -0.229 e. The molecule has 44 valence electrons. The minimum atomic E-state index is -1.51. The normalized spacial score (nSPS) is 23.6. The van der Waals surface area contributed by atoms with Crippen LogP contribution in [0.25, 0.3) is 0 Å². The Labute approximate surface area is 63.7 Å². The molecule has 0 nitrogen and oxygen atoms in total. The van der Waals surface area contributed by atoms with Crippen molar-refractivity contribution in [2.24, 2.45) is 0 Å². The average Bonchev–Trinajstić information content (AvgIpc) is 1.31. The molecule has 0 aromatic rings. The molecule has 7 heavy (non-hydrogen) atoms. The second-order valence-corrected chi connectivity index (χ2v) is 4.69. The summed E-state index contributed by atoms with van der Waals surface area (Å²) in [4.78, 5) is 0. The fourth-order valence-corrected chi connectivity index (χ4v) is 0. The van der Waals surface area contributed by atoms with Crippen LogP contribution in [0.3, 0.4) is 0 Å². The van der Waals surface area contributed by atoms with E-state index in [1.165, 1.54) is 6.92 Å². The summed E-state index contributed by atoms with van der Waals surface area (Å²) in [5.74, 6) is 0. The van der Waals surface area contributed by atoms with Crippen molar-refractivity contribution in [3.63, 3.8) is 0 Å². The fraction of sp³-hybridized carbons (Fsp3) is 1.00. The van der Waals surface area contributed by atoms with Crippen LogP contribution in [0.15, 0.2) is 0 Å². The van der Waals surface area contributed by atoms with E-state index in [1.54, 1.807) is 0 Å². The van der Waals surface area contributed by atoms with Crippen LogP contribution in [0, 0.1) is 0 Å². The van der Waals surface area contributed by atoms with Gasteiger partial charge in [0.2, 0.25) is 0 Å². The Hall–Kier alpha value is 1.18. The second kappa shape index (κ2) is 2.65. The van der Waals surface area contributed by atoms with E-state index in [1.807, 2.05) is 0 Å². The van der Waals surface area contributed by atoms with Crippen LogP contribution >= 0.6 is 43.5 Å². The third kappa shape index (κ3) is 3.74. The van der Waals surface area contributed by atoms with Gasteiger partial charge in [-0.2, -0.15) is 0 Å². The molecule has 0 saturated heterocycles. The minimum absolute atomic E-state index is 0.667. The Morgan fingerprint density at radius 2 is 2.00 bits per heavy atom. The van der Waals surface area contributed by atoms with Crippen LogP contribution in [0.1, 0.15) is 6.92 Å². The molecule has 0 saturated carbocycles. The molecule has 4 heteroatoms. The molecule has 0 heterocycles. The average molecular weight is 254 g/mol. The third-order valence-electron chi connectivity index (χ3n) is 0.383. The largest absolute Gasteiger partial charge is 0.229 e. The van der Waals surface area contributed by atoms with Gasteiger partial charge in [0.25, 0.3) is 0 Å². The molecule has 0 rings (SSSR count). The highest BCUT2D eigenvalue weighted by Gasteiger charge is 2.26. The van der Waals surface area contributed by atoms with E-state index in [4.69, 9.17) is 11.6 Å². The first-order valence-electron chi connectivity index (χ1n) is 1.60. The van der Waals surface area contributed by atoms with Crippen molar-refractivity contribution < 1.29 is 4.39 Å². The maximum Gasteiger partial charge on any atom is 0.188 e. The van der Waals surface area contributed by atoms with E-state index in [0.29, 0.717) is 0 Å². The van der Waals surface area contributed by atoms with Gasteiger partial charge in [-0.05, 0) is 22.9 Å². The predicted molar refractivity (Wildman–Crippen MR) is 37.0 cm³/mol. The molecule has 0 unspecified atom stereocenters. The lowest BCUT2D eigenvalue weighted by Gasteiger charge is -2.11. The van der Waals surface area contributed by atoms with Crippen LogP contribution in [-0.2, 0) is 0 Å². The van der Waals surface area contributed by atoms with E-state index in [9.17, 15) is 4.39 Å². The Bertz CT molecular complexity index is 58.4. The zero-order chi connectivity index (χ0) is 6.08. The van der Waals surface area contributed by atoms with Crippen molar-refractivity contribution in [1.82, 2.24) is 0 Å². The number of hydrogen-bond donors (Lipinski definition) is 0. The molecule has 0 bridgehead atoms. The number of rotatable bonds is 1. The van der Waals surface area contributed by atoms with Gasteiger partial charge >= 0.3 is 0 Å². The van der Waals surface area contributed by atoms with Gasteiger partial charge in [0, 0.05) is 0 Å². The quantitative estimate of drug-likeness (QED) is 0.631. The van der Waals surface area contributed by atoms with Crippen molar-refractivity contribution in [2.75, 3.05) is 0 Å². The molecule has 0 aromatic carbocycles. The maximum absolute atomic E-state index is 12.2. The molecule has 0 radical (unpaired) electrons. The first kappa shape index (κ1) is 8.18. The lowest BCUT2D eigenvalue weighted by atomic mass is 10.5. The molecule has 0 aliphatic heterocycles. The summed E-state index contributed by atoms with van der Waals surface area (Å²) >= 11 is 10.8. The lowest BCUT2D eigenvalue weighted by Crippen LogP contribution is -2.15. The van der Waals surface area contributed by atoms with Gasteiger partial charge < -0.3 is 0 Å². The number of halogens is 4. The summed E-state index contributed by atoms with van der Waals surface area (Å²) in [6.45, 7) is 1.33. The third-order valence-corrected chi connectivity index (χ3v) is 2.99. The summed E-state index contributed by atoms with van der Waals surface area (Å²) in [6.07, 6.45) is 0. The van der Waals surface area contributed by atoms with E-state index in [0.717, 1.165) is 0 Å². The monoisotopic (exact) mass is 252 g/mol. The van der Waals surface area contributed by atoms with Gasteiger partial charge in [0.05, 0.1) is 0 Å². The standard InChI is InChI=1S/C3H4Br2ClF/c1-3(5,7)2(4)6/h2H,1H3/t2-,3+/m0/s1. The number of hydrogen-bond acceptors (Lipinski definition) is 0. The topological polar surface area (TPSA) is 0 Å². The van der Waals surface area contributed by atoms with Crippen LogP contribution in [0.4, 0.5) is 4.39 Å².